The summed E-state index contributed by atoms with van der Waals surface area (Å²) in [6.07, 6.45) is 7.89. The first kappa shape index (κ1) is 16.0. The third-order valence-corrected chi connectivity index (χ3v) is 6.01. The lowest BCUT2D eigenvalue weighted by molar-refractivity contribution is 0.299. The Balaban J connectivity index is 1.99. The van der Waals surface area contributed by atoms with Crippen molar-refractivity contribution in [2.75, 3.05) is 32.4 Å². The van der Waals surface area contributed by atoms with Crippen LogP contribution in [-0.4, -0.2) is 48.0 Å². The molecule has 1 heterocycles. The Bertz CT molecular complexity index is 327. The molecule has 20 heavy (non-hydrogen) atoms. The van der Waals surface area contributed by atoms with Crippen molar-refractivity contribution in [3.63, 3.8) is 0 Å². The SMILES string of the molecule is CCNC(=NCC(C)(C)SC)N1CC2CCCCC2C1. The molecule has 0 aromatic rings. The molecular formula is C16H31N3S. The minimum atomic E-state index is 0.229. The van der Waals surface area contributed by atoms with Crippen molar-refractivity contribution in [3.05, 3.63) is 0 Å². The van der Waals surface area contributed by atoms with Crippen LogP contribution in [0, 0.1) is 11.8 Å². The third kappa shape index (κ3) is 4.06. The molecule has 2 fully saturated rings. The summed E-state index contributed by atoms with van der Waals surface area (Å²) < 4.78 is 0.229. The lowest BCUT2D eigenvalue weighted by Gasteiger charge is -2.24. The fourth-order valence-electron chi connectivity index (χ4n) is 3.33. The first-order valence-corrected chi connectivity index (χ1v) is 9.36. The summed E-state index contributed by atoms with van der Waals surface area (Å²) in [5.74, 6) is 2.98. The van der Waals surface area contributed by atoms with E-state index < -0.39 is 0 Å². The van der Waals surface area contributed by atoms with E-state index in [2.05, 4.69) is 37.2 Å². The fourth-order valence-corrected chi connectivity index (χ4v) is 3.53. The molecule has 2 unspecified atom stereocenters. The van der Waals surface area contributed by atoms with E-state index in [1.807, 2.05) is 11.8 Å². The van der Waals surface area contributed by atoms with Gasteiger partial charge in [0, 0.05) is 24.4 Å². The summed E-state index contributed by atoms with van der Waals surface area (Å²) in [5.41, 5.74) is 0. The van der Waals surface area contributed by atoms with E-state index in [9.17, 15) is 0 Å². The average Bonchev–Trinajstić information content (AvgIpc) is 2.87. The van der Waals surface area contributed by atoms with Crippen molar-refractivity contribution in [3.8, 4) is 0 Å². The molecule has 116 valence electrons. The Hall–Kier alpha value is -0.380. The normalized spacial score (nSPS) is 27.6. The van der Waals surface area contributed by atoms with Crippen molar-refractivity contribution in [1.82, 2.24) is 10.2 Å². The number of rotatable bonds is 4. The van der Waals surface area contributed by atoms with Crippen molar-refractivity contribution in [1.29, 1.82) is 0 Å². The Morgan fingerprint density at radius 2 is 1.85 bits per heavy atom. The standard InChI is InChI=1S/C16H31N3S/c1-5-17-15(18-12-16(2,3)20-4)19-10-13-8-6-7-9-14(13)11-19/h13-14H,5-12H2,1-4H3,(H,17,18). The van der Waals surface area contributed by atoms with Crippen molar-refractivity contribution in [2.24, 2.45) is 16.8 Å². The molecule has 3 nitrogen and oxygen atoms in total. The monoisotopic (exact) mass is 297 g/mol. The Kier molecular flexibility index (Phi) is 5.65. The molecule has 0 aromatic heterocycles. The lowest BCUT2D eigenvalue weighted by atomic mass is 9.82. The van der Waals surface area contributed by atoms with Gasteiger partial charge in [0.25, 0.3) is 0 Å². The van der Waals surface area contributed by atoms with E-state index in [0.29, 0.717) is 0 Å². The van der Waals surface area contributed by atoms with E-state index in [1.54, 1.807) is 0 Å². The molecule has 1 aliphatic heterocycles. The van der Waals surface area contributed by atoms with Gasteiger partial charge in [-0.25, -0.2) is 0 Å². The second kappa shape index (κ2) is 7.06. The summed E-state index contributed by atoms with van der Waals surface area (Å²) in [6, 6.07) is 0. The van der Waals surface area contributed by atoms with E-state index in [4.69, 9.17) is 4.99 Å². The number of hydrogen-bond donors (Lipinski definition) is 1. The van der Waals surface area contributed by atoms with Crippen LogP contribution in [0.2, 0.25) is 0 Å². The molecule has 0 aromatic carbocycles. The van der Waals surface area contributed by atoms with Crippen LogP contribution in [0.25, 0.3) is 0 Å². The number of nitrogens with one attached hydrogen (secondary N) is 1. The molecule has 1 saturated carbocycles. The highest BCUT2D eigenvalue weighted by atomic mass is 32.2. The topological polar surface area (TPSA) is 27.6 Å². The van der Waals surface area contributed by atoms with E-state index in [0.717, 1.165) is 30.9 Å². The van der Waals surface area contributed by atoms with Gasteiger partial charge in [-0.05, 0) is 51.7 Å². The highest BCUT2D eigenvalue weighted by Crippen LogP contribution is 2.36. The van der Waals surface area contributed by atoms with Gasteiger partial charge >= 0.3 is 0 Å². The summed E-state index contributed by atoms with van der Waals surface area (Å²) in [7, 11) is 0. The Labute approximate surface area is 129 Å². The van der Waals surface area contributed by atoms with Gasteiger partial charge in [-0.2, -0.15) is 11.8 Å². The zero-order valence-corrected chi connectivity index (χ0v) is 14.4. The van der Waals surface area contributed by atoms with Crippen molar-refractivity contribution in [2.45, 2.75) is 51.2 Å². The maximum Gasteiger partial charge on any atom is 0.193 e. The predicted octanol–water partition coefficient (Wildman–Crippen LogP) is 3.22. The number of likely N-dealkylation sites (tertiary alicyclic amines) is 1. The Morgan fingerprint density at radius 3 is 2.35 bits per heavy atom. The van der Waals surface area contributed by atoms with Crippen LogP contribution in [0.15, 0.2) is 4.99 Å². The van der Waals surface area contributed by atoms with Crippen LogP contribution in [0.3, 0.4) is 0 Å². The molecule has 4 heteroatoms. The van der Waals surface area contributed by atoms with Crippen molar-refractivity contribution < 1.29 is 0 Å². The molecule has 0 spiro atoms. The van der Waals surface area contributed by atoms with E-state index >= 15 is 0 Å². The second-order valence-corrected chi connectivity index (χ2v) is 8.36. The maximum atomic E-state index is 4.91. The molecule has 0 radical (unpaired) electrons. The molecule has 0 amide bonds. The summed E-state index contributed by atoms with van der Waals surface area (Å²) in [6.45, 7) is 11.0. The van der Waals surface area contributed by atoms with Crippen LogP contribution in [-0.2, 0) is 0 Å². The van der Waals surface area contributed by atoms with Gasteiger partial charge in [-0.1, -0.05) is 12.8 Å². The van der Waals surface area contributed by atoms with Gasteiger partial charge in [-0.15, -0.1) is 0 Å². The van der Waals surface area contributed by atoms with Gasteiger partial charge in [0.15, 0.2) is 5.96 Å². The zero-order valence-electron chi connectivity index (χ0n) is 13.6. The number of guanidine groups is 1. The van der Waals surface area contributed by atoms with Gasteiger partial charge in [0.2, 0.25) is 0 Å². The van der Waals surface area contributed by atoms with Gasteiger partial charge < -0.3 is 10.2 Å². The number of aliphatic imine (C=N–C) groups is 1. The first-order chi connectivity index (χ1) is 9.55. The largest absolute Gasteiger partial charge is 0.357 e. The quantitative estimate of drug-likeness (QED) is 0.638. The van der Waals surface area contributed by atoms with Gasteiger partial charge in [-0.3, -0.25) is 4.99 Å². The minimum Gasteiger partial charge on any atom is -0.357 e. The highest BCUT2D eigenvalue weighted by molar-refractivity contribution is 7.99. The highest BCUT2D eigenvalue weighted by Gasteiger charge is 2.35. The lowest BCUT2D eigenvalue weighted by Crippen LogP contribution is -2.41. The molecule has 1 aliphatic carbocycles. The van der Waals surface area contributed by atoms with Gasteiger partial charge in [0.1, 0.15) is 0 Å². The number of fused-ring (bicyclic) bond motifs is 1. The second-order valence-electron chi connectivity index (χ2n) is 6.84. The molecule has 2 atom stereocenters. The van der Waals surface area contributed by atoms with Crippen molar-refractivity contribution >= 4 is 17.7 Å². The van der Waals surface area contributed by atoms with Crippen LogP contribution >= 0.6 is 11.8 Å². The molecule has 0 bridgehead atoms. The smallest absolute Gasteiger partial charge is 0.193 e. The fraction of sp³-hybridized carbons (Fsp3) is 0.938. The van der Waals surface area contributed by atoms with Gasteiger partial charge in [0.05, 0.1) is 6.54 Å². The number of thioether (sulfide) groups is 1. The summed E-state index contributed by atoms with van der Waals surface area (Å²) in [5, 5.41) is 3.50. The molecule has 2 rings (SSSR count). The molecular weight excluding hydrogens is 266 g/mol. The predicted molar refractivity (Wildman–Crippen MR) is 90.6 cm³/mol. The Morgan fingerprint density at radius 1 is 1.25 bits per heavy atom. The number of nitrogens with zero attached hydrogens (tertiary/aromatic N) is 2. The van der Waals surface area contributed by atoms with Crippen LogP contribution < -0.4 is 5.32 Å². The van der Waals surface area contributed by atoms with E-state index in [1.165, 1.54) is 38.8 Å². The molecule has 2 aliphatic rings. The molecule has 1 saturated heterocycles. The first-order valence-electron chi connectivity index (χ1n) is 8.14. The third-order valence-electron chi connectivity index (χ3n) is 4.77. The maximum absolute atomic E-state index is 4.91. The average molecular weight is 298 g/mol. The number of hydrogen-bond acceptors (Lipinski definition) is 2. The van der Waals surface area contributed by atoms with Crippen LogP contribution in [0.5, 0.6) is 0 Å². The molecule has 1 N–H and O–H groups in total. The minimum absolute atomic E-state index is 0.229. The van der Waals surface area contributed by atoms with Crippen LogP contribution in [0.4, 0.5) is 0 Å². The van der Waals surface area contributed by atoms with Crippen LogP contribution in [0.1, 0.15) is 46.5 Å². The van der Waals surface area contributed by atoms with E-state index in [-0.39, 0.29) is 4.75 Å². The zero-order chi connectivity index (χ0) is 14.6. The summed E-state index contributed by atoms with van der Waals surface area (Å²) >= 11 is 1.90. The summed E-state index contributed by atoms with van der Waals surface area (Å²) in [4.78, 5) is 7.42.